The molecule has 0 spiro atoms. The van der Waals surface area contributed by atoms with Gasteiger partial charge in [-0.25, -0.2) is 59.3 Å². The van der Waals surface area contributed by atoms with Crippen molar-refractivity contribution in [3.05, 3.63) is 298 Å². The highest BCUT2D eigenvalue weighted by atomic mass is 32.2. The van der Waals surface area contributed by atoms with Crippen LogP contribution in [0.4, 0.5) is 37.6 Å². The van der Waals surface area contributed by atoms with Crippen LogP contribution in [0.5, 0.6) is 0 Å². The van der Waals surface area contributed by atoms with Crippen LogP contribution >= 0.6 is 92.4 Å². The smallest absolute Gasteiger partial charge is 0.335 e. The number of carboxylic acid groups (broad SMARTS) is 1. The molecule has 16 rings (SSSR count). The predicted octanol–water partition coefficient (Wildman–Crippen LogP) is 20.1. The van der Waals surface area contributed by atoms with Crippen molar-refractivity contribution in [1.82, 2.24) is 59.3 Å². The maximum Gasteiger partial charge on any atom is 0.335 e. The quantitative estimate of drug-likeness (QED) is 0.0330. The second kappa shape index (κ2) is 41.3. The van der Waals surface area contributed by atoms with E-state index >= 15 is 0 Å². The number of hydrogen-bond acceptors (Lipinski definition) is 25. The molecule has 15 aromatic rings. The molecular weight excluding hydrogens is 1680 g/mol. The van der Waals surface area contributed by atoms with Gasteiger partial charge in [-0.1, -0.05) is 72.8 Å². The van der Waals surface area contributed by atoms with E-state index in [9.17, 15) is 33.9 Å². The largest absolute Gasteiger partial charge is 0.478 e. The molecule has 10 aromatic heterocycles. The lowest BCUT2D eigenvalue weighted by Gasteiger charge is -2.35. The standard InChI is InChI=1S/C24H16N4O3S2.C22H23N5O2S2.C22H15N5OS2.C19H15N5OS2/c1-25-18-7-5-14(6-8-18)15-10-16(12-17(11-15)23(30)31)20-13-33-24(27-20)28-21(29)19-4-3-9-26-22(19)32-2;1-15(28)26-9-11-27(12-10-26)17-6-3-5-16(13-17)19-14-31-22(24-19)25-20(29)18-7-4-8-23-21(18)30-2;1-23-17-7-5-14(6-8-17)15-10-16(12-24-11-15)19-13-30-22(26-19)27-20(28)18-4-3-9-25-21(18)29-2;1-26-18-15(6-3-7-21-18)17(25)23-19-22-16(11-27-19)13-4-2-5-14(10-13)24-9-8-20-12-24/h3-13H,2H3,(H,30,31)(H,27,28,29);3-8,13-14H,9-12H2,1-2H3,(H,24,25,29);3-13H,2H3,(H,26,27,28);2-12H,1H3,(H,22,23,25). The normalized spacial score (nSPS) is 11.4. The van der Waals surface area contributed by atoms with Crippen molar-refractivity contribution < 1.29 is 33.9 Å². The number of anilines is 5. The molecule has 1 aliphatic heterocycles. The molecule has 5 N–H and O–H groups in total. The second-order valence-electron chi connectivity index (χ2n) is 25.7. The van der Waals surface area contributed by atoms with Crippen LogP contribution in [-0.2, 0) is 4.79 Å². The molecule has 11 heterocycles. The van der Waals surface area contributed by atoms with Crippen LogP contribution in [-0.4, -0.2) is 151 Å². The van der Waals surface area contributed by atoms with Crippen LogP contribution < -0.4 is 26.2 Å². The van der Waals surface area contributed by atoms with Gasteiger partial charge in [0.25, 0.3) is 23.6 Å². The van der Waals surface area contributed by atoms with Crippen molar-refractivity contribution in [3.8, 4) is 73.0 Å². The van der Waals surface area contributed by atoms with Crippen molar-refractivity contribution in [2.24, 2.45) is 0 Å². The Morgan fingerprint density at radius 1 is 0.405 bits per heavy atom. The second-order valence-corrected chi connectivity index (χ2v) is 32.3. The molecule has 1 fully saturated rings. The molecule has 26 nitrogen and oxygen atoms in total. The number of piperazine rings is 1. The number of aromatic nitrogens is 11. The van der Waals surface area contributed by atoms with E-state index in [2.05, 4.69) is 97.8 Å². The molecule has 5 aromatic carbocycles. The van der Waals surface area contributed by atoms with E-state index in [1.54, 1.807) is 159 Å². The Morgan fingerprint density at radius 2 is 0.785 bits per heavy atom. The number of benzene rings is 5. The lowest BCUT2D eigenvalue weighted by atomic mass is 9.98. The first-order chi connectivity index (χ1) is 58.9. The van der Waals surface area contributed by atoms with E-state index in [1.807, 2.05) is 117 Å². The van der Waals surface area contributed by atoms with Crippen LogP contribution in [0.25, 0.3) is 82.7 Å². The summed E-state index contributed by atoms with van der Waals surface area (Å²) in [6, 6.07) is 51.4. The zero-order chi connectivity index (χ0) is 84.7. The lowest BCUT2D eigenvalue weighted by Crippen LogP contribution is -2.48. The van der Waals surface area contributed by atoms with Gasteiger partial charge >= 0.3 is 5.97 Å². The third-order valence-corrected chi connectivity index (χ3v) is 24.0. The first kappa shape index (κ1) is 85.5. The molecule has 0 atom stereocenters. The Balaban J connectivity index is 0.000000140. The van der Waals surface area contributed by atoms with Crippen molar-refractivity contribution in [2.75, 3.05) is 77.4 Å². The number of carbonyl (C=O) groups is 6. The van der Waals surface area contributed by atoms with E-state index in [1.165, 1.54) is 92.4 Å². The monoisotopic (exact) mass is 1750 g/mol. The van der Waals surface area contributed by atoms with E-state index in [4.69, 9.17) is 13.1 Å². The number of amides is 5. The molecule has 0 aliphatic carbocycles. The van der Waals surface area contributed by atoms with Crippen LogP contribution in [0.1, 0.15) is 58.7 Å². The van der Waals surface area contributed by atoms with Crippen molar-refractivity contribution in [1.29, 1.82) is 0 Å². The van der Waals surface area contributed by atoms with Gasteiger partial charge in [-0.15, -0.1) is 92.4 Å². The first-order valence-corrected chi connectivity index (χ1v) is 44.9. The molecule has 0 bridgehead atoms. The minimum absolute atomic E-state index is 0.121. The molecule has 5 amide bonds. The van der Waals surface area contributed by atoms with E-state index < -0.39 is 5.97 Å². The first-order valence-electron chi connectivity index (χ1n) is 36.5. The number of rotatable bonds is 21. The fraction of sp³-hybridized carbons (Fsp3) is 0.103. The summed E-state index contributed by atoms with van der Waals surface area (Å²) in [5, 5.41) is 33.2. The number of nitrogens with one attached hydrogen (secondary N) is 4. The molecular formula is C87H69N19O7S8. The molecule has 0 radical (unpaired) electrons. The lowest BCUT2D eigenvalue weighted by molar-refractivity contribution is -0.129. The molecule has 121 heavy (non-hydrogen) atoms. The Bertz CT molecular complexity index is 6320. The summed E-state index contributed by atoms with van der Waals surface area (Å²) < 4.78 is 1.94. The Kier molecular flexibility index (Phi) is 29.2. The number of carbonyl (C=O) groups excluding carboxylic acids is 5. The third-order valence-electron chi connectivity index (χ3n) is 18.1. The number of imidazole rings is 1. The van der Waals surface area contributed by atoms with Crippen molar-refractivity contribution in [2.45, 2.75) is 27.0 Å². The van der Waals surface area contributed by atoms with E-state index in [0.717, 1.165) is 88.0 Å². The summed E-state index contributed by atoms with van der Waals surface area (Å²) >= 11 is 11.1. The van der Waals surface area contributed by atoms with E-state index in [-0.39, 0.29) is 35.1 Å². The van der Waals surface area contributed by atoms with Gasteiger partial charge in [-0.2, -0.15) is 0 Å². The highest BCUT2D eigenvalue weighted by molar-refractivity contribution is 7.99. The number of pyridine rings is 5. The Hall–Kier alpha value is -13.4. The minimum atomic E-state index is -1.05. The van der Waals surface area contributed by atoms with Crippen LogP contribution in [0.15, 0.2) is 267 Å². The Labute approximate surface area is 728 Å². The van der Waals surface area contributed by atoms with Crippen LogP contribution in [0.3, 0.4) is 0 Å². The summed E-state index contributed by atoms with van der Waals surface area (Å²) in [7, 11) is 0. The average molecular weight is 1750 g/mol. The molecule has 602 valence electrons. The summed E-state index contributed by atoms with van der Waals surface area (Å²) in [5.41, 5.74) is 15.1. The topological polar surface area (TPSA) is 320 Å². The molecule has 1 saturated heterocycles. The van der Waals surface area contributed by atoms with Gasteiger partial charge in [-0.05, 0) is 139 Å². The number of hydrogen-bond donors (Lipinski definition) is 5. The van der Waals surface area contributed by atoms with E-state index in [0.29, 0.717) is 91.1 Å². The molecule has 1 aliphatic rings. The average Bonchev–Trinajstić information content (AvgIpc) is 1.60. The maximum atomic E-state index is 12.7. The number of thioether (sulfide) groups is 4. The summed E-state index contributed by atoms with van der Waals surface area (Å²) in [4.78, 5) is 128. The zero-order valence-corrected chi connectivity index (χ0v) is 71.4. The number of thiazole rings is 4. The number of carboxylic acids is 1. The van der Waals surface area contributed by atoms with Crippen LogP contribution in [0.2, 0.25) is 0 Å². The molecule has 0 unspecified atom stereocenters. The number of aromatic carboxylic acids is 1. The van der Waals surface area contributed by atoms with Crippen molar-refractivity contribution >= 4 is 165 Å². The zero-order valence-electron chi connectivity index (χ0n) is 64.9. The highest BCUT2D eigenvalue weighted by Gasteiger charge is 2.23. The highest BCUT2D eigenvalue weighted by Crippen LogP contribution is 2.36. The Morgan fingerprint density at radius 3 is 1.18 bits per heavy atom. The summed E-state index contributed by atoms with van der Waals surface area (Å²) in [6.07, 6.45) is 23.1. The van der Waals surface area contributed by atoms with Gasteiger partial charge in [0, 0.05) is 143 Å². The van der Waals surface area contributed by atoms with Gasteiger partial charge in [0.1, 0.15) is 20.1 Å². The summed E-state index contributed by atoms with van der Waals surface area (Å²) in [5.74, 6) is -1.90. The van der Waals surface area contributed by atoms with Crippen LogP contribution in [0, 0.1) is 13.1 Å². The van der Waals surface area contributed by atoms with Crippen molar-refractivity contribution in [3.63, 3.8) is 0 Å². The van der Waals surface area contributed by atoms with Gasteiger partial charge in [0.05, 0.1) is 70.1 Å². The van der Waals surface area contributed by atoms with Gasteiger partial charge in [-0.3, -0.25) is 50.2 Å². The fourth-order valence-corrected chi connectivity index (χ4v) is 17.1. The third kappa shape index (κ3) is 22.1. The molecule has 34 heteroatoms. The van der Waals surface area contributed by atoms with Gasteiger partial charge in [0.15, 0.2) is 31.9 Å². The number of nitrogens with zero attached hydrogens (tertiary/aromatic N) is 15. The minimum Gasteiger partial charge on any atom is -0.478 e. The van der Waals surface area contributed by atoms with Gasteiger partial charge in [0.2, 0.25) is 5.91 Å². The summed E-state index contributed by atoms with van der Waals surface area (Å²) in [6.45, 7) is 18.9. The predicted molar refractivity (Wildman–Crippen MR) is 486 cm³/mol. The fourth-order valence-electron chi connectivity index (χ4n) is 12.1. The maximum absolute atomic E-state index is 12.7. The SMILES string of the molecule is CSc1ncccc1C(=O)Nc1nc(-c2cccc(-n3ccnc3)c2)cs1.CSc1ncccc1C(=O)Nc1nc(-c2cccc(N3CCN(C(C)=O)CC3)c2)cs1.[C-]#[N+]c1ccc(-c2cc(C(=O)O)cc(-c3csc(NC(=O)c4cccnc4SC)n3)c2)cc1.[C-]#[N+]c1ccc(-c2cncc(-c3csc(NC(=O)c4cccnc4SC)n3)c2)cc1. The van der Waals surface area contributed by atoms with Gasteiger partial charge < -0.3 is 19.5 Å². The molecule has 0 saturated carbocycles.